The Balaban J connectivity index is 2.03. The van der Waals surface area contributed by atoms with Crippen LogP contribution in [-0.4, -0.2) is 33.2 Å². The number of hydrogen-bond donors (Lipinski definition) is 0. The van der Waals surface area contributed by atoms with E-state index in [1.807, 2.05) is 6.07 Å². The molecule has 0 bridgehead atoms. The lowest BCUT2D eigenvalue weighted by Gasteiger charge is -2.35. The second-order valence-electron chi connectivity index (χ2n) is 4.77. The molecule has 2 rings (SSSR count). The maximum Gasteiger partial charge on any atom is 0.183 e. The van der Waals surface area contributed by atoms with Gasteiger partial charge in [0.25, 0.3) is 0 Å². The van der Waals surface area contributed by atoms with E-state index in [4.69, 9.17) is 14.2 Å². The van der Waals surface area contributed by atoms with E-state index in [0.717, 1.165) is 19.4 Å². The number of hydrogen-bond acceptors (Lipinski definition) is 3. The van der Waals surface area contributed by atoms with Gasteiger partial charge in [0.15, 0.2) is 6.29 Å². The van der Waals surface area contributed by atoms with Crippen LogP contribution in [0.25, 0.3) is 0 Å². The van der Waals surface area contributed by atoms with Crippen LogP contribution in [0.15, 0.2) is 30.3 Å². The van der Waals surface area contributed by atoms with Gasteiger partial charge in [-0.25, -0.2) is 0 Å². The van der Waals surface area contributed by atoms with Crippen LogP contribution < -0.4 is 0 Å². The van der Waals surface area contributed by atoms with E-state index in [0.29, 0.717) is 5.92 Å². The Hall–Kier alpha value is -0.900. The molecule has 3 heteroatoms. The highest BCUT2D eigenvalue weighted by Gasteiger charge is 2.33. The summed E-state index contributed by atoms with van der Waals surface area (Å²) in [6.07, 6.45) is 3.08. The van der Waals surface area contributed by atoms with Crippen LogP contribution in [0.2, 0.25) is 0 Å². The molecular formula is C15H22O3. The molecule has 1 aliphatic heterocycles. The fourth-order valence-corrected chi connectivity index (χ4v) is 2.67. The molecule has 1 aliphatic rings. The van der Waals surface area contributed by atoms with E-state index in [-0.39, 0.29) is 12.4 Å². The van der Waals surface area contributed by atoms with Gasteiger partial charge in [-0.2, -0.15) is 0 Å². The average Bonchev–Trinajstić information content (AvgIpc) is 2.43. The van der Waals surface area contributed by atoms with Crippen molar-refractivity contribution in [3.63, 3.8) is 0 Å². The van der Waals surface area contributed by atoms with Crippen molar-refractivity contribution in [2.45, 2.75) is 31.7 Å². The zero-order chi connectivity index (χ0) is 12.8. The fourth-order valence-electron chi connectivity index (χ4n) is 2.67. The van der Waals surface area contributed by atoms with E-state index in [2.05, 4.69) is 24.3 Å². The Morgan fingerprint density at radius 3 is 2.61 bits per heavy atom. The first kappa shape index (κ1) is 13.5. The van der Waals surface area contributed by atoms with Crippen LogP contribution in [0.1, 0.15) is 18.4 Å². The standard InChI is InChI=1S/C15H22O3/c1-16-15(17-2)14-13(9-6-10-18-14)11-12-7-4-3-5-8-12/h3-5,7-8,13-15H,6,9-11H2,1-2H3/t13-,14+/m1/s1. The Bertz CT molecular complexity index is 335. The van der Waals surface area contributed by atoms with Gasteiger partial charge in [-0.3, -0.25) is 0 Å². The summed E-state index contributed by atoms with van der Waals surface area (Å²) >= 11 is 0. The number of rotatable bonds is 5. The third kappa shape index (κ3) is 3.31. The minimum atomic E-state index is -0.265. The lowest BCUT2D eigenvalue weighted by Crippen LogP contribution is -2.42. The molecule has 0 spiro atoms. The van der Waals surface area contributed by atoms with Crippen LogP contribution in [0.5, 0.6) is 0 Å². The molecule has 0 N–H and O–H groups in total. The zero-order valence-electron chi connectivity index (χ0n) is 11.2. The van der Waals surface area contributed by atoms with Crippen LogP contribution in [0.4, 0.5) is 0 Å². The van der Waals surface area contributed by atoms with Gasteiger partial charge in [0.2, 0.25) is 0 Å². The van der Waals surface area contributed by atoms with Crippen LogP contribution in [0.3, 0.4) is 0 Å². The van der Waals surface area contributed by atoms with Crippen LogP contribution >= 0.6 is 0 Å². The summed E-state index contributed by atoms with van der Waals surface area (Å²) < 4.78 is 16.6. The normalized spacial score (nSPS) is 24.4. The second-order valence-corrected chi connectivity index (χ2v) is 4.77. The molecule has 0 radical (unpaired) electrons. The Labute approximate surface area is 109 Å². The summed E-state index contributed by atoms with van der Waals surface area (Å²) in [5, 5.41) is 0. The van der Waals surface area contributed by atoms with Gasteiger partial charge in [0.1, 0.15) is 6.10 Å². The van der Waals surface area contributed by atoms with Crippen molar-refractivity contribution in [1.29, 1.82) is 0 Å². The summed E-state index contributed by atoms with van der Waals surface area (Å²) in [7, 11) is 3.34. The third-order valence-electron chi connectivity index (χ3n) is 3.57. The molecule has 1 aromatic rings. The molecule has 1 fully saturated rings. The smallest absolute Gasteiger partial charge is 0.183 e. The summed E-state index contributed by atoms with van der Waals surface area (Å²) in [4.78, 5) is 0. The first-order valence-corrected chi connectivity index (χ1v) is 6.56. The van der Waals surface area contributed by atoms with Crippen molar-refractivity contribution >= 4 is 0 Å². The predicted molar refractivity (Wildman–Crippen MR) is 70.4 cm³/mol. The molecule has 3 nitrogen and oxygen atoms in total. The van der Waals surface area contributed by atoms with Crippen molar-refractivity contribution in [2.75, 3.05) is 20.8 Å². The summed E-state index contributed by atoms with van der Waals surface area (Å²) in [6, 6.07) is 10.5. The lowest BCUT2D eigenvalue weighted by atomic mass is 9.87. The van der Waals surface area contributed by atoms with Crippen molar-refractivity contribution in [3.8, 4) is 0 Å². The highest BCUT2D eigenvalue weighted by atomic mass is 16.7. The van der Waals surface area contributed by atoms with E-state index in [1.54, 1.807) is 14.2 Å². The van der Waals surface area contributed by atoms with Crippen molar-refractivity contribution in [1.82, 2.24) is 0 Å². The molecule has 18 heavy (non-hydrogen) atoms. The molecule has 2 atom stereocenters. The van der Waals surface area contributed by atoms with Gasteiger partial charge in [0.05, 0.1) is 0 Å². The van der Waals surface area contributed by atoms with Crippen LogP contribution in [0, 0.1) is 5.92 Å². The number of ether oxygens (including phenoxy) is 3. The van der Waals surface area contributed by atoms with Gasteiger partial charge >= 0.3 is 0 Å². The Morgan fingerprint density at radius 1 is 1.22 bits per heavy atom. The van der Waals surface area contributed by atoms with Crippen molar-refractivity contribution < 1.29 is 14.2 Å². The maximum absolute atomic E-state index is 5.86. The Morgan fingerprint density at radius 2 is 1.94 bits per heavy atom. The van der Waals surface area contributed by atoms with Crippen molar-refractivity contribution in [3.05, 3.63) is 35.9 Å². The summed E-state index contributed by atoms with van der Waals surface area (Å²) in [5.74, 6) is 0.464. The minimum Gasteiger partial charge on any atom is -0.373 e. The van der Waals surface area contributed by atoms with E-state index in [1.165, 1.54) is 12.0 Å². The molecule has 0 aliphatic carbocycles. The van der Waals surface area contributed by atoms with Crippen molar-refractivity contribution in [2.24, 2.45) is 5.92 Å². The topological polar surface area (TPSA) is 27.7 Å². The molecule has 0 saturated carbocycles. The molecule has 1 aromatic carbocycles. The quantitative estimate of drug-likeness (QED) is 0.752. The molecule has 1 heterocycles. The van der Waals surface area contributed by atoms with E-state index in [9.17, 15) is 0 Å². The minimum absolute atomic E-state index is 0.0361. The largest absolute Gasteiger partial charge is 0.373 e. The molecule has 0 amide bonds. The highest BCUT2D eigenvalue weighted by molar-refractivity contribution is 5.15. The van der Waals surface area contributed by atoms with E-state index >= 15 is 0 Å². The molecule has 0 unspecified atom stereocenters. The third-order valence-corrected chi connectivity index (χ3v) is 3.57. The van der Waals surface area contributed by atoms with Gasteiger partial charge < -0.3 is 14.2 Å². The SMILES string of the molecule is COC(OC)[C@H]1OCCC[C@@H]1Cc1ccccc1. The highest BCUT2D eigenvalue weighted by Crippen LogP contribution is 2.28. The predicted octanol–water partition coefficient (Wildman–Crippen LogP) is 2.64. The van der Waals surface area contributed by atoms with Gasteiger partial charge in [-0.1, -0.05) is 30.3 Å². The zero-order valence-corrected chi connectivity index (χ0v) is 11.2. The average molecular weight is 250 g/mol. The molecular weight excluding hydrogens is 228 g/mol. The molecule has 100 valence electrons. The molecule has 0 aromatic heterocycles. The lowest BCUT2D eigenvalue weighted by molar-refractivity contribution is -0.207. The van der Waals surface area contributed by atoms with E-state index < -0.39 is 0 Å². The second kappa shape index (κ2) is 6.88. The number of benzene rings is 1. The fraction of sp³-hybridized carbons (Fsp3) is 0.600. The van der Waals surface area contributed by atoms with Gasteiger partial charge in [-0.05, 0) is 30.7 Å². The first-order chi connectivity index (χ1) is 8.85. The summed E-state index contributed by atoms with van der Waals surface area (Å²) in [6.45, 7) is 0.805. The van der Waals surface area contributed by atoms with Gasteiger partial charge in [0, 0.05) is 20.8 Å². The summed E-state index contributed by atoms with van der Waals surface area (Å²) in [5.41, 5.74) is 1.35. The van der Waals surface area contributed by atoms with Gasteiger partial charge in [-0.15, -0.1) is 0 Å². The maximum atomic E-state index is 5.86. The number of methoxy groups -OCH3 is 2. The Kier molecular flexibility index (Phi) is 5.17. The van der Waals surface area contributed by atoms with Crippen LogP contribution in [-0.2, 0) is 20.6 Å². The molecule has 1 saturated heterocycles. The monoisotopic (exact) mass is 250 g/mol. The first-order valence-electron chi connectivity index (χ1n) is 6.56.